The van der Waals surface area contributed by atoms with Gasteiger partial charge in [0, 0.05) is 12.6 Å². The number of aromatic nitrogens is 1. The zero-order valence-corrected chi connectivity index (χ0v) is 13.8. The molecule has 2 aliphatic rings. The zero-order valence-electron chi connectivity index (χ0n) is 13.0. The SMILES string of the molecule is Cc1noc(C)c1S(=O)(=O)N1CC[C@H](C)[C@@H]2CCCC[C@@H]21. The maximum Gasteiger partial charge on any atom is 0.248 e. The summed E-state index contributed by atoms with van der Waals surface area (Å²) < 4.78 is 33.0. The van der Waals surface area contributed by atoms with Crippen LogP contribution >= 0.6 is 0 Å². The maximum absolute atomic E-state index is 13.1. The zero-order chi connectivity index (χ0) is 15.2. The van der Waals surface area contributed by atoms with Gasteiger partial charge in [-0.25, -0.2) is 8.42 Å². The van der Waals surface area contributed by atoms with Crippen molar-refractivity contribution in [3.05, 3.63) is 11.5 Å². The number of hydrogen-bond acceptors (Lipinski definition) is 4. The third kappa shape index (κ3) is 2.42. The van der Waals surface area contributed by atoms with Crippen LogP contribution in [0.15, 0.2) is 9.42 Å². The van der Waals surface area contributed by atoms with Crippen molar-refractivity contribution >= 4 is 10.0 Å². The van der Waals surface area contributed by atoms with Crippen molar-refractivity contribution in [2.75, 3.05) is 6.54 Å². The van der Waals surface area contributed by atoms with Crippen molar-refractivity contribution in [3.8, 4) is 0 Å². The van der Waals surface area contributed by atoms with Gasteiger partial charge in [-0.3, -0.25) is 0 Å². The molecule has 0 radical (unpaired) electrons. The molecule has 0 bridgehead atoms. The van der Waals surface area contributed by atoms with Crippen LogP contribution < -0.4 is 0 Å². The van der Waals surface area contributed by atoms with Gasteiger partial charge >= 0.3 is 0 Å². The number of fused-ring (bicyclic) bond motifs is 1. The van der Waals surface area contributed by atoms with Gasteiger partial charge in [-0.15, -0.1) is 0 Å². The molecule has 6 heteroatoms. The van der Waals surface area contributed by atoms with Gasteiger partial charge in [0.05, 0.1) is 0 Å². The number of nitrogens with zero attached hydrogens (tertiary/aromatic N) is 2. The van der Waals surface area contributed by atoms with E-state index in [-0.39, 0.29) is 10.9 Å². The van der Waals surface area contributed by atoms with E-state index >= 15 is 0 Å². The van der Waals surface area contributed by atoms with Crippen molar-refractivity contribution in [2.45, 2.75) is 63.8 Å². The fourth-order valence-electron chi connectivity index (χ4n) is 4.13. The Hall–Kier alpha value is -0.880. The largest absolute Gasteiger partial charge is 0.360 e. The molecule has 0 spiro atoms. The topological polar surface area (TPSA) is 63.4 Å². The minimum atomic E-state index is -3.50. The molecular weight excluding hydrogens is 288 g/mol. The molecule has 1 saturated heterocycles. The van der Waals surface area contributed by atoms with E-state index in [4.69, 9.17) is 4.52 Å². The van der Waals surface area contributed by atoms with Crippen molar-refractivity contribution in [1.29, 1.82) is 0 Å². The minimum Gasteiger partial charge on any atom is -0.360 e. The van der Waals surface area contributed by atoms with Crippen LogP contribution in [0.3, 0.4) is 0 Å². The van der Waals surface area contributed by atoms with Gasteiger partial charge in [-0.1, -0.05) is 24.9 Å². The molecule has 3 rings (SSSR count). The van der Waals surface area contributed by atoms with Crippen LogP contribution in [0.4, 0.5) is 0 Å². The molecule has 2 heterocycles. The summed E-state index contributed by atoms with van der Waals surface area (Å²) in [5, 5.41) is 3.82. The minimum absolute atomic E-state index is 0.154. The van der Waals surface area contributed by atoms with Crippen LogP contribution in [-0.4, -0.2) is 30.5 Å². The standard InChI is InChI=1S/C15H24N2O3S/c1-10-8-9-17(14-7-5-4-6-13(10)14)21(18,19)15-11(2)16-20-12(15)3/h10,13-14H,4-9H2,1-3H3/t10-,13-,14-/m0/s1. The number of aryl methyl sites for hydroxylation is 2. The summed E-state index contributed by atoms with van der Waals surface area (Å²) >= 11 is 0. The molecule has 1 saturated carbocycles. The molecule has 1 aliphatic heterocycles. The Balaban J connectivity index is 1.98. The Labute approximate surface area is 126 Å². The van der Waals surface area contributed by atoms with E-state index in [1.54, 1.807) is 18.2 Å². The van der Waals surface area contributed by atoms with E-state index in [9.17, 15) is 8.42 Å². The molecule has 1 aromatic rings. The molecule has 3 atom stereocenters. The van der Waals surface area contributed by atoms with Gasteiger partial charge in [0.1, 0.15) is 10.6 Å². The maximum atomic E-state index is 13.1. The summed E-state index contributed by atoms with van der Waals surface area (Å²) in [6, 6.07) is 0.154. The van der Waals surface area contributed by atoms with Crippen molar-refractivity contribution in [1.82, 2.24) is 9.46 Å². The molecule has 0 N–H and O–H groups in total. The molecule has 0 amide bonds. The first-order valence-corrected chi connectivity index (χ1v) is 9.31. The van der Waals surface area contributed by atoms with E-state index in [1.807, 2.05) is 0 Å². The van der Waals surface area contributed by atoms with E-state index in [2.05, 4.69) is 12.1 Å². The second kappa shape index (κ2) is 5.39. The summed E-state index contributed by atoms with van der Waals surface area (Å²) in [5.74, 6) is 1.52. The predicted molar refractivity (Wildman–Crippen MR) is 79.4 cm³/mol. The Morgan fingerprint density at radius 2 is 1.90 bits per heavy atom. The third-order valence-electron chi connectivity index (χ3n) is 5.22. The summed E-state index contributed by atoms with van der Waals surface area (Å²) in [5.41, 5.74) is 0.471. The van der Waals surface area contributed by atoms with Crippen molar-refractivity contribution in [2.24, 2.45) is 11.8 Å². The summed E-state index contributed by atoms with van der Waals surface area (Å²) in [6.07, 6.45) is 5.44. The summed E-state index contributed by atoms with van der Waals surface area (Å²) in [4.78, 5) is 0.279. The quantitative estimate of drug-likeness (QED) is 0.842. The number of piperidine rings is 1. The lowest BCUT2D eigenvalue weighted by molar-refractivity contribution is 0.0826. The van der Waals surface area contributed by atoms with Crippen LogP contribution in [0, 0.1) is 25.7 Å². The highest BCUT2D eigenvalue weighted by molar-refractivity contribution is 7.89. The molecule has 1 aliphatic carbocycles. The number of hydrogen-bond donors (Lipinski definition) is 0. The van der Waals surface area contributed by atoms with Gasteiger partial charge in [0.2, 0.25) is 10.0 Å². The van der Waals surface area contributed by atoms with Crippen LogP contribution in [0.1, 0.15) is 50.5 Å². The van der Waals surface area contributed by atoms with Gasteiger partial charge in [0.15, 0.2) is 5.76 Å². The highest BCUT2D eigenvalue weighted by atomic mass is 32.2. The molecule has 21 heavy (non-hydrogen) atoms. The van der Waals surface area contributed by atoms with Gasteiger partial charge in [0.25, 0.3) is 0 Å². The van der Waals surface area contributed by atoms with Crippen LogP contribution in [0.2, 0.25) is 0 Å². The van der Waals surface area contributed by atoms with Crippen LogP contribution in [0.5, 0.6) is 0 Å². The lowest BCUT2D eigenvalue weighted by Crippen LogP contribution is -2.52. The number of sulfonamides is 1. The average Bonchev–Trinajstić information content (AvgIpc) is 2.79. The molecule has 5 nitrogen and oxygen atoms in total. The lowest BCUT2D eigenvalue weighted by atomic mass is 9.74. The fourth-order valence-corrected chi connectivity index (χ4v) is 6.14. The molecular formula is C15H24N2O3S. The fraction of sp³-hybridized carbons (Fsp3) is 0.800. The van der Waals surface area contributed by atoms with E-state index in [0.29, 0.717) is 29.8 Å². The van der Waals surface area contributed by atoms with Crippen molar-refractivity contribution < 1.29 is 12.9 Å². The highest BCUT2D eigenvalue weighted by Gasteiger charge is 2.44. The summed E-state index contributed by atoms with van der Waals surface area (Å²) in [6.45, 7) is 6.27. The normalized spacial score (nSPS) is 31.1. The Morgan fingerprint density at radius 3 is 2.57 bits per heavy atom. The van der Waals surface area contributed by atoms with Gasteiger partial charge < -0.3 is 4.52 Å². The molecule has 0 unspecified atom stereocenters. The Kier molecular flexibility index (Phi) is 3.86. The first-order chi connectivity index (χ1) is 9.93. The van der Waals surface area contributed by atoms with E-state index in [1.165, 1.54) is 6.42 Å². The van der Waals surface area contributed by atoms with E-state index < -0.39 is 10.0 Å². The number of rotatable bonds is 2. The molecule has 1 aromatic heterocycles. The second-order valence-corrected chi connectivity index (χ2v) is 8.38. The van der Waals surface area contributed by atoms with Gasteiger partial charge in [-0.05, 0) is 44.9 Å². The molecule has 118 valence electrons. The summed E-state index contributed by atoms with van der Waals surface area (Å²) in [7, 11) is -3.50. The third-order valence-corrected chi connectivity index (χ3v) is 7.39. The Morgan fingerprint density at radius 1 is 1.19 bits per heavy atom. The second-order valence-electron chi connectivity index (χ2n) is 6.55. The van der Waals surface area contributed by atoms with Crippen molar-refractivity contribution in [3.63, 3.8) is 0 Å². The lowest BCUT2D eigenvalue weighted by Gasteiger charge is -2.46. The first-order valence-electron chi connectivity index (χ1n) is 7.87. The van der Waals surface area contributed by atoms with Crippen LogP contribution in [0.25, 0.3) is 0 Å². The molecule has 0 aromatic carbocycles. The smallest absolute Gasteiger partial charge is 0.248 e. The van der Waals surface area contributed by atoms with E-state index in [0.717, 1.165) is 25.7 Å². The highest BCUT2D eigenvalue weighted by Crippen LogP contribution is 2.41. The van der Waals surface area contributed by atoms with Gasteiger partial charge in [-0.2, -0.15) is 4.31 Å². The predicted octanol–water partition coefficient (Wildman–Crippen LogP) is 2.88. The molecule has 2 fully saturated rings. The average molecular weight is 312 g/mol. The van der Waals surface area contributed by atoms with Crippen LogP contribution in [-0.2, 0) is 10.0 Å². The Bertz CT molecular complexity index is 603. The first kappa shape index (κ1) is 15.0. The monoisotopic (exact) mass is 312 g/mol.